The summed E-state index contributed by atoms with van der Waals surface area (Å²) in [6.45, 7) is 1.78. The number of aromatic nitrogens is 1. The first kappa shape index (κ1) is 15.1. The van der Waals surface area contributed by atoms with Crippen LogP contribution < -0.4 is 11.3 Å². The van der Waals surface area contributed by atoms with E-state index < -0.39 is 0 Å². The maximum Gasteiger partial charge on any atom is 0.249 e. The number of pyridine rings is 1. The summed E-state index contributed by atoms with van der Waals surface area (Å²) in [5.74, 6) is -0.291. The van der Waals surface area contributed by atoms with Crippen LogP contribution in [-0.2, 0) is 0 Å². The number of benzene rings is 1. The van der Waals surface area contributed by atoms with Crippen molar-refractivity contribution in [1.29, 1.82) is 0 Å². The lowest BCUT2D eigenvalue weighted by Crippen LogP contribution is -2.04. The number of ketones is 1. The third-order valence-electron chi connectivity index (χ3n) is 3.31. The van der Waals surface area contributed by atoms with Crippen LogP contribution in [0.4, 0.5) is 5.69 Å². The van der Waals surface area contributed by atoms with Gasteiger partial charge in [0, 0.05) is 22.0 Å². The molecule has 22 heavy (non-hydrogen) atoms. The van der Waals surface area contributed by atoms with Crippen LogP contribution in [0.1, 0.15) is 20.8 Å². The first-order chi connectivity index (χ1) is 10.4. The van der Waals surface area contributed by atoms with E-state index in [9.17, 15) is 9.59 Å². The molecule has 112 valence electrons. The van der Waals surface area contributed by atoms with Gasteiger partial charge in [0.05, 0.1) is 10.7 Å². The van der Waals surface area contributed by atoms with E-state index in [2.05, 4.69) is 4.98 Å². The van der Waals surface area contributed by atoms with E-state index in [-0.39, 0.29) is 16.4 Å². The maximum absolute atomic E-state index is 12.7. The number of rotatable bonds is 2. The highest BCUT2D eigenvalue weighted by molar-refractivity contribution is 7.21. The van der Waals surface area contributed by atoms with E-state index in [4.69, 9.17) is 28.9 Å². The van der Waals surface area contributed by atoms with E-state index in [1.807, 2.05) is 0 Å². The molecule has 0 saturated heterocycles. The minimum Gasteiger partial charge on any atom is -0.397 e. The Morgan fingerprint density at radius 3 is 2.68 bits per heavy atom. The lowest BCUT2D eigenvalue weighted by Gasteiger charge is -2.03. The molecule has 2 aromatic heterocycles. The van der Waals surface area contributed by atoms with Gasteiger partial charge in [-0.15, -0.1) is 11.3 Å². The zero-order chi connectivity index (χ0) is 16.0. The minimum absolute atomic E-state index is 0.227. The molecule has 0 saturated carbocycles. The van der Waals surface area contributed by atoms with E-state index >= 15 is 0 Å². The van der Waals surface area contributed by atoms with Crippen LogP contribution in [0.25, 0.3) is 10.2 Å². The van der Waals surface area contributed by atoms with Crippen molar-refractivity contribution in [3.05, 3.63) is 60.7 Å². The Bertz CT molecular complexity index is 976. The van der Waals surface area contributed by atoms with Crippen LogP contribution >= 0.6 is 34.5 Å². The van der Waals surface area contributed by atoms with Crippen molar-refractivity contribution >= 4 is 56.2 Å². The minimum atomic E-state index is -0.291. The van der Waals surface area contributed by atoms with Crippen LogP contribution in [0.5, 0.6) is 0 Å². The quantitative estimate of drug-likeness (QED) is 0.684. The van der Waals surface area contributed by atoms with Crippen LogP contribution in [0.3, 0.4) is 0 Å². The number of halogens is 2. The fraction of sp³-hybridized carbons (Fsp3) is 0.0667. The van der Waals surface area contributed by atoms with Gasteiger partial charge >= 0.3 is 0 Å². The number of H-pyrrole nitrogens is 1. The highest BCUT2D eigenvalue weighted by atomic mass is 35.5. The van der Waals surface area contributed by atoms with E-state index in [0.717, 1.165) is 16.9 Å². The number of nitrogen functional groups attached to an aromatic ring is 1. The van der Waals surface area contributed by atoms with Gasteiger partial charge in [0.15, 0.2) is 0 Å². The number of anilines is 1. The smallest absolute Gasteiger partial charge is 0.249 e. The van der Waals surface area contributed by atoms with Gasteiger partial charge in [-0.3, -0.25) is 9.59 Å². The first-order valence-corrected chi connectivity index (χ1v) is 7.87. The summed E-state index contributed by atoms with van der Waals surface area (Å²) in [7, 11) is 0. The number of aromatic amines is 1. The Hall–Kier alpha value is -1.82. The Balaban J connectivity index is 2.22. The van der Waals surface area contributed by atoms with Crippen molar-refractivity contribution in [2.75, 3.05) is 5.73 Å². The molecule has 0 aliphatic rings. The molecule has 4 nitrogen and oxygen atoms in total. The number of fused-ring (bicyclic) bond motifs is 1. The summed E-state index contributed by atoms with van der Waals surface area (Å²) in [5, 5.41) is 1.41. The van der Waals surface area contributed by atoms with Gasteiger partial charge in [0.2, 0.25) is 11.3 Å². The van der Waals surface area contributed by atoms with Gasteiger partial charge in [-0.25, -0.2) is 0 Å². The third-order valence-corrected chi connectivity index (χ3v) is 4.97. The number of aryl methyl sites for hydroxylation is 1. The van der Waals surface area contributed by atoms with Crippen molar-refractivity contribution in [1.82, 2.24) is 4.98 Å². The summed E-state index contributed by atoms with van der Waals surface area (Å²) < 4.78 is 0. The molecule has 3 N–H and O–H groups in total. The number of hydrogen-bond donors (Lipinski definition) is 2. The molecule has 0 unspecified atom stereocenters. The van der Waals surface area contributed by atoms with Crippen molar-refractivity contribution in [2.45, 2.75) is 6.92 Å². The number of nitrogens with one attached hydrogen (secondary N) is 1. The molecule has 0 fully saturated rings. The fourth-order valence-electron chi connectivity index (χ4n) is 2.30. The number of carbonyl (C=O) groups excluding carboxylic acids is 1. The predicted octanol–water partition coefficient (Wildman–Crippen LogP) is 4.02. The Morgan fingerprint density at radius 2 is 2.00 bits per heavy atom. The zero-order valence-corrected chi connectivity index (χ0v) is 13.7. The molecule has 3 aromatic rings. The van der Waals surface area contributed by atoms with Crippen molar-refractivity contribution in [2.24, 2.45) is 0 Å². The lowest BCUT2D eigenvalue weighted by atomic mass is 10.1. The Labute approximate surface area is 139 Å². The molecular formula is C15H10Cl2N2O2S. The number of carbonyl (C=O) groups is 1. The number of thiophene rings is 1. The SMILES string of the molecule is Cc1cc(=O)[nH]c2sc(C(=O)c3ccc(Cl)cc3Cl)c(N)c12. The monoisotopic (exact) mass is 352 g/mol. The second kappa shape index (κ2) is 5.43. The van der Waals surface area contributed by atoms with Gasteiger partial charge in [-0.2, -0.15) is 0 Å². The topological polar surface area (TPSA) is 76.0 Å². The average Bonchev–Trinajstić information content (AvgIpc) is 2.75. The highest BCUT2D eigenvalue weighted by Crippen LogP contribution is 2.36. The number of nitrogens with two attached hydrogens (primary N) is 1. The number of hydrogen-bond acceptors (Lipinski definition) is 4. The van der Waals surface area contributed by atoms with Crippen molar-refractivity contribution < 1.29 is 4.79 Å². The first-order valence-electron chi connectivity index (χ1n) is 6.30. The lowest BCUT2D eigenvalue weighted by molar-refractivity contribution is 0.104. The fourth-order valence-corrected chi connectivity index (χ4v) is 3.94. The predicted molar refractivity (Wildman–Crippen MR) is 91.5 cm³/mol. The van der Waals surface area contributed by atoms with Gasteiger partial charge in [-0.05, 0) is 30.7 Å². The molecular weight excluding hydrogens is 343 g/mol. The van der Waals surface area contributed by atoms with Gasteiger partial charge in [0.25, 0.3) is 0 Å². The second-order valence-corrected chi connectivity index (χ2v) is 6.68. The summed E-state index contributed by atoms with van der Waals surface area (Å²) in [6, 6.07) is 6.12. The highest BCUT2D eigenvalue weighted by Gasteiger charge is 2.21. The van der Waals surface area contributed by atoms with Crippen LogP contribution in [-0.4, -0.2) is 10.8 Å². The van der Waals surface area contributed by atoms with Crippen LogP contribution in [0, 0.1) is 6.92 Å². The van der Waals surface area contributed by atoms with E-state index in [1.54, 1.807) is 19.1 Å². The molecule has 0 spiro atoms. The molecule has 0 aliphatic heterocycles. The molecule has 0 amide bonds. The molecule has 0 radical (unpaired) electrons. The largest absolute Gasteiger partial charge is 0.397 e. The normalized spacial score (nSPS) is 11.0. The van der Waals surface area contributed by atoms with E-state index in [0.29, 0.717) is 31.4 Å². The van der Waals surface area contributed by atoms with Crippen molar-refractivity contribution in [3.8, 4) is 0 Å². The second-order valence-electron chi connectivity index (χ2n) is 4.82. The molecule has 7 heteroatoms. The summed E-state index contributed by atoms with van der Waals surface area (Å²) >= 11 is 13.1. The van der Waals surface area contributed by atoms with Gasteiger partial charge < -0.3 is 10.7 Å². The van der Waals surface area contributed by atoms with Crippen LogP contribution in [0.15, 0.2) is 29.1 Å². The zero-order valence-electron chi connectivity index (χ0n) is 11.4. The third kappa shape index (κ3) is 2.41. The van der Waals surface area contributed by atoms with E-state index in [1.165, 1.54) is 12.1 Å². The maximum atomic E-state index is 12.7. The Kier molecular flexibility index (Phi) is 3.72. The molecule has 0 atom stereocenters. The molecule has 2 heterocycles. The average molecular weight is 353 g/mol. The van der Waals surface area contributed by atoms with Crippen molar-refractivity contribution in [3.63, 3.8) is 0 Å². The molecule has 1 aromatic carbocycles. The van der Waals surface area contributed by atoms with Gasteiger partial charge in [-0.1, -0.05) is 23.2 Å². The summed E-state index contributed by atoms with van der Waals surface area (Å²) in [6.07, 6.45) is 0. The molecule has 3 rings (SSSR count). The molecule has 0 bridgehead atoms. The summed E-state index contributed by atoms with van der Waals surface area (Å²) in [4.78, 5) is 27.9. The Morgan fingerprint density at radius 1 is 1.27 bits per heavy atom. The van der Waals surface area contributed by atoms with Crippen LogP contribution in [0.2, 0.25) is 10.0 Å². The summed E-state index contributed by atoms with van der Waals surface area (Å²) in [5.41, 5.74) is 7.28. The molecule has 0 aliphatic carbocycles. The van der Waals surface area contributed by atoms with Gasteiger partial charge in [0.1, 0.15) is 9.71 Å². The standard InChI is InChI=1S/C15H10Cl2N2O2S/c1-6-4-10(20)19-15-11(6)12(18)14(22-15)13(21)8-3-2-7(16)5-9(8)17/h2-5H,18H2,1H3,(H,19,20).